The van der Waals surface area contributed by atoms with Gasteiger partial charge in [0.25, 0.3) is 5.91 Å². The normalized spacial score (nSPS) is 22.5. The Labute approximate surface area is 192 Å². The highest BCUT2D eigenvalue weighted by Gasteiger charge is 2.51. The molecule has 0 aromatic heterocycles. The summed E-state index contributed by atoms with van der Waals surface area (Å²) in [7, 11) is 1.31. The van der Waals surface area contributed by atoms with Crippen molar-refractivity contribution in [1.82, 2.24) is 15.1 Å². The molecule has 0 radical (unpaired) electrons. The van der Waals surface area contributed by atoms with E-state index in [1.165, 1.54) is 7.11 Å². The molecule has 33 heavy (non-hydrogen) atoms. The second-order valence-electron chi connectivity index (χ2n) is 8.21. The SMILES string of the molecule is COC(=O)C1CC(C(=O)N2CCNCC2)N(C(=O)c2ccccc2)C1c1ccc(C#N)cc1. The van der Waals surface area contributed by atoms with Crippen LogP contribution in [0.4, 0.5) is 0 Å². The van der Waals surface area contributed by atoms with Crippen LogP contribution in [0.2, 0.25) is 0 Å². The third kappa shape index (κ3) is 4.45. The number of hydrogen-bond acceptors (Lipinski definition) is 6. The summed E-state index contributed by atoms with van der Waals surface area (Å²) in [5.74, 6) is -1.64. The first-order valence-corrected chi connectivity index (χ1v) is 11.0. The minimum Gasteiger partial charge on any atom is -0.469 e. The minimum atomic E-state index is -0.791. The summed E-state index contributed by atoms with van der Waals surface area (Å²) in [6.45, 7) is 2.47. The Hall–Kier alpha value is -3.70. The molecule has 2 aliphatic heterocycles. The number of nitrogens with one attached hydrogen (secondary N) is 1. The van der Waals surface area contributed by atoms with Gasteiger partial charge in [-0.25, -0.2) is 0 Å². The van der Waals surface area contributed by atoms with E-state index in [4.69, 9.17) is 4.74 Å². The molecule has 2 saturated heterocycles. The second-order valence-corrected chi connectivity index (χ2v) is 8.21. The van der Waals surface area contributed by atoms with Crippen LogP contribution in [0.5, 0.6) is 0 Å². The molecule has 0 bridgehead atoms. The zero-order valence-corrected chi connectivity index (χ0v) is 18.4. The van der Waals surface area contributed by atoms with Gasteiger partial charge in [0.15, 0.2) is 0 Å². The Morgan fingerprint density at radius 2 is 1.70 bits per heavy atom. The zero-order chi connectivity index (χ0) is 23.4. The van der Waals surface area contributed by atoms with E-state index in [0.717, 1.165) is 0 Å². The van der Waals surface area contributed by atoms with Gasteiger partial charge in [-0.1, -0.05) is 30.3 Å². The van der Waals surface area contributed by atoms with E-state index in [-0.39, 0.29) is 18.2 Å². The Kier molecular flexibility index (Phi) is 6.71. The number of carbonyl (C=O) groups is 3. The number of ether oxygens (including phenoxy) is 1. The third-order valence-corrected chi connectivity index (χ3v) is 6.35. The van der Waals surface area contributed by atoms with E-state index >= 15 is 0 Å². The standard InChI is InChI=1S/C25H26N4O4/c1-33-25(32)20-15-21(24(31)28-13-11-27-12-14-28)29(23(30)19-5-3-2-4-6-19)22(20)18-9-7-17(16-26)8-10-18/h2-10,20-22,27H,11-15H2,1H3. The van der Waals surface area contributed by atoms with Crippen LogP contribution >= 0.6 is 0 Å². The number of likely N-dealkylation sites (tertiary alicyclic amines) is 1. The average Bonchev–Trinajstić information content (AvgIpc) is 3.29. The molecule has 1 N–H and O–H groups in total. The molecule has 8 heteroatoms. The molecule has 2 heterocycles. The molecular formula is C25H26N4O4. The summed E-state index contributed by atoms with van der Waals surface area (Å²) < 4.78 is 5.07. The summed E-state index contributed by atoms with van der Waals surface area (Å²) >= 11 is 0. The van der Waals surface area contributed by atoms with Gasteiger partial charge in [-0.3, -0.25) is 14.4 Å². The third-order valence-electron chi connectivity index (χ3n) is 6.35. The van der Waals surface area contributed by atoms with Crippen molar-refractivity contribution < 1.29 is 19.1 Å². The van der Waals surface area contributed by atoms with Gasteiger partial charge in [-0.2, -0.15) is 5.26 Å². The summed E-state index contributed by atoms with van der Waals surface area (Å²) in [4.78, 5) is 43.5. The Morgan fingerprint density at radius 1 is 1.03 bits per heavy atom. The van der Waals surface area contributed by atoms with Crippen LogP contribution < -0.4 is 5.32 Å². The van der Waals surface area contributed by atoms with Crippen molar-refractivity contribution in [3.63, 3.8) is 0 Å². The van der Waals surface area contributed by atoms with Crippen LogP contribution in [-0.4, -0.2) is 66.9 Å². The number of methoxy groups -OCH3 is 1. The fourth-order valence-corrected chi connectivity index (χ4v) is 4.71. The summed E-state index contributed by atoms with van der Waals surface area (Å²) in [5, 5.41) is 12.4. The molecular weight excluding hydrogens is 420 g/mol. The maximum absolute atomic E-state index is 13.7. The smallest absolute Gasteiger partial charge is 0.311 e. The van der Waals surface area contributed by atoms with Gasteiger partial charge in [0.1, 0.15) is 6.04 Å². The molecule has 3 unspecified atom stereocenters. The van der Waals surface area contributed by atoms with Crippen molar-refractivity contribution in [1.29, 1.82) is 5.26 Å². The van der Waals surface area contributed by atoms with Crippen molar-refractivity contribution in [2.24, 2.45) is 5.92 Å². The van der Waals surface area contributed by atoms with Crippen LogP contribution in [0.1, 0.15) is 33.9 Å². The molecule has 2 amide bonds. The van der Waals surface area contributed by atoms with E-state index in [9.17, 15) is 19.6 Å². The van der Waals surface area contributed by atoms with Gasteiger partial charge in [-0.15, -0.1) is 0 Å². The molecule has 0 spiro atoms. The lowest BCUT2D eigenvalue weighted by molar-refractivity contribution is -0.146. The lowest BCUT2D eigenvalue weighted by Crippen LogP contribution is -2.53. The Morgan fingerprint density at radius 3 is 2.30 bits per heavy atom. The number of nitrogens with zero attached hydrogens (tertiary/aromatic N) is 3. The summed E-state index contributed by atoms with van der Waals surface area (Å²) in [6.07, 6.45) is 0.179. The molecule has 0 aliphatic carbocycles. The molecule has 2 aromatic carbocycles. The van der Waals surface area contributed by atoms with E-state index in [1.54, 1.807) is 58.3 Å². The van der Waals surface area contributed by atoms with Gasteiger partial charge >= 0.3 is 5.97 Å². The number of benzene rings is 2. The Bertz CT molecular complexity index is 1060. The maximum atomic E-state index is 13.7. The van der Waals surface area contributed by atoms with E-state index in [1.807, 2.05) is 6.07 Å². The maximum Gasteiger partial charge on any atom is 0.311 e. The summed E-state index contributed by atoms with van der Waals surface area (Å²) in [5.41, 5.74) is 1.60. The van der Waals surface area contributed by atoms with Crippen LogP contribution in [0.15, 0.2) is 54.6 Å². The lowest BCUT2D eigenvalue weighted by atomic mass is 9.92. The molecule has 8 nitrogen and oxygen atoms in total. The predicted octanol–water partition coefficient (Wildman–Crippen LogP) is 1.74. The molecule has 2 aromatic rings. The van der Waals surface area contributed by atoms with E-state index < -0.39 is 24.0 Å². The number of piperazine rings is 1. The molecule has 2 fully saturated rings. The topological polar surface area (TPSA) is 103 Å². The van der Waals surface area contributed by atoms with Crippen molar-refractivity contribution in [2.75, 3.05) is 33.3 Å². The van der Waals surface area contributed by atoms with Crippen LogP contribution in [0.25, 0.3) is 0 Å². The van der Waals surface area contributed by atoms with Crippen molar-refractivity contribution in [3.05, 3.63) is 71.3 Å². The Balaban J connectivity index is 1.79. The molecule has 4 rings (SSSR count). The minimum absolute atomic E-state index is 0.161. The van der Waals surface area contributed by atoms with Gasteiger partial charge in [-0.05, 0) is 36.2 Å². The second kappa shape index (κ2) is 9.84. The number of carbonyl (C=O) groups excluding carboxylic acids is 3. The first-order chi connectivity index (χ1) is 16.0. The van der Waals surface area contributed by atoms with E-state index in [0.29, 0.717) is 42.9 Å². The van der Waals surface area contributed by atoms with Crippen molar-refractivity contribution in [3.8, 4) is 6.07 Å². The highest BCUT2D eigenvalue weighted by Crippen LogP contribution is 2.43. The van der Waals surface area contributed by atoms with E-state index in [2.05, 4.69) is 11.4 Å². The number of rotatable bonds is 4. The average molecular weight is 447 g/mol. The monoisotopic (exact) mass is 446 g/mol. The van der Waals surface area contributed by atoms with Crippen LogP contribution in [0.3, 0.4) is 0 Å². The van der Waals surface area contributed by atoms with Crippen molar-refractivity contribution in [2.45, 2.75) is 18.5 Å². The largest absolute Gasteiger partial charge is 0.469 e. The zero-order valence-electron chi connectivity index (χ0n) is 18.4. The number of nitriles is 1. The van der Waals surface area contributed by atoms with Gasteiger partial charge in [0.05, 0.1) is 30.7 Å². The fraction of sp³-hybridized carbons (Fsp3) is 0.360. The molecule has 2 aliphatic rings. The van der Waals surface area contributed by atoms with Crippen LogP contribution in [-0.2, 0) is 14.3 Å². The molecule has 0 saturated carbocycles. The quantitative estimate of drug-likeness (QED) is 0.718. The lowest BCUT2D eigenvalue weighted by Gasteiger charge is -2.35. The van der Waals surface area contributed by atoms with Crippen LogP contribution in [0, 0.1) is 17.2 Å². The predicted molar refractivity (Wildman–Crippen MR) is 120 cm³/mol. The fourth-order valence-electron chi connectivity index (χ4n) is 4.71. The molecule has 3 atom stereocenters. The number of amides is 2. The van der Waals surface area contributed by atoms with Crippen molar-refractivity contribution >= 4 is 17.8 Å². The molecule has 170 valence electrons. The van der Waals surface area contributed by atoms with Gasteiger partial charge in [0.2, 0.25) is 5.91 Å². The highest BCUT2D eigenvalue weighted by atomic mass is 16.5. The highest BCUT2D eigenvalue weighted by molar-refractivity contribution is 5.99. The number of hydrogen-bond donors (Lipinski definition) is 1. The van der Waals surface area contributed by atoms with Gasteiger partial charge < -0.3 is 19.9 Å². The first kappa shape index (κ1) is 22.5. The number of esters is 1. The summed E-state index contributed by atoms with van der Waals surface area (Å²) in [6, 6.07) is 16.2. The van der Waals surface area contributed by atoms with Gasteiger partial charge in [0, 0.05) is 31.7 Å². The first-order valence-electron chi connectivity index (χ1n) is 11.0.